The van der Waals surface area contributed by atoms with Gasteiger partial charge in [0.2, 0.25) is 0 Å². The van der Waals surface area contributed by atoms with Gasteiger partial charge in [0, 0.05) is 6.04 Å². The Morgan fingerprint density at radius 1 is 1.31 bits per heavy atom. The van der Waals surface area contributed by atoms with Gasteiger partial charge in [-0.25, -0.2) is 9.37 Å². The number of nitrogens with one attached hydrogen (secondary N) is 1. The van der Waals surface area contributed by atoms with Gasteiger partial charge in [0.25, 0.3) is 11.8 Å². The summed E-state index contributed by atoms with van der Waals surface area (Å²) in [7, 11) is 0. The van der Waals surface area contributed by atoms with Crippen molar-refractivity contribution in [3.63, 3.8) is 0 Å². The molecular weight excluding hydrogens is 415 g/mol. The number of hydrogen-bond donors (Lipinski definition) is 1. The van der Waals surface area contributed by atoms with Crippen molar-refractivity contribution in [3.8, 4) is 6.07 Å². The first-order valence-electron chi connectivity index (χ1n) is 8.87. The molecule has 1 N–H and O–H groups in total. The third-order valence-electron chi connectivity index (χ3n) is 4.82. The second kappa shape index (κ2) is 8.80. The van der Waals surface area contributed by atoms with Crippen LogP contribution in [0.1, 0.15) is 39.6 Å². The van der Waals surface area contributed by atoms with Crippen LogP contribution < -0.4 is 5.32 Å². The van der Waals surface area contributed by atoms with E-state index in [1.165, 1.54) is 4.90 Å². The zero-order valence-corrected chi connectivity index (χ0v) is 17.4. The highest BCUT2D eigenvalue weighted by molar-refractivity contribution is 7.98. The van der Waals surface area contributed by atoms with Gasteiger partial charge in [-0.3, -0.25) is 14.5 Å². The fraction of sp³-hybridized carbons (Fsp3) is 0.300. The topological polar surface area (TPSA) is 86.1 Å². The molecule has 2 aromatic rings. The van der Waals surface area contributed by atoms with Crippen molar-refractivity contribution in [3.05, 3.63) is 58.0 Å². The number of aromatic nitrogens is 1. The van der Waals surface area contributed by atoms with E-state index in [0.29, 0.717) is 17.5 Å². The third-order valence-corrected chi connectivity index (χ3v) is 5.75. The van der Waals surface area contributed by atoms with Crippen LogP contribution in [0.3, 0.4) is 0 Å². The summed E-state index contributed by atoms with van der Waals surface area (Å²) in [5.41, 5.74) is 0.654. The minimum Gasteiger partial charge on any atom is -0.363 e. The molecule has 0 radical (unpaired) electrons. The van der Waals surface area contributed by atoms with Crippen molar-refractivity contribution >= 4 is 41.0 Å². The van der Waals surface area contributed by atoms with Gasteiger partial charge in [-0.2, -0.15) is 17.0 Å². The maximum atomic E-state index is 14.4. The summed E-state index contributed by atoms with van der Waals surface area (Å²) in [5, 5.41) is 11.8. The molecule has 1 aromatic heterocycles. The molecule has 0 saturated heterocycles. The summed E-state index contributed by atoms with van der Waals surface area (Å²) < 4.78 is 14.4. The van der Waals surface area contributed by atoms with Crippen molar-refractivity contribution in [1.29, 1.82) is 5.26 Å². The number of benzene rings is 1. The Bertz CT molecular complexity index is 975. The summed E-state index contributed by atoms with van der Waals surface area (Å²) in [5.74, 6) is -0.879. The normalized spacial score (nSPS) is 15.1. The SMILES string of the molecule is CSCC[C@@H](Nc1nc(Cl)c(C#N)cc1F)[C@H](C)N1C(=O)c2ccccc2C1=O. The van der Waals surface area contributed by atoms with E-state index in [1.54, 1.807) is 49.0 Å². The van der Waals surface area contributed by atoms with E-state index in [2.05, 4.69) is 10.3 Å². The van der Waals surface area contributed by atoms with Crippen molar-refractivity contribution in [2.24, 2.45) is 0 Å². The Morgan fingerprint density at radius 3 is 2.48 bits per heavy atom. The largest absolute Gasteiger partial charge is 0.363 e. The van der Waals surface area contributed by atoms with Crippen LogP contribution in [0, 0.1) is 17.1 Å². The molecule has 2 atom stereocenters. The monoisotopic (exact) mass is 432 g/mol. The number of thioether (sulfide) groups is 1. The predicted octanol–water partition coefficient (Wildman–Crippen LogP) is 3.96. The number of fused-ring (bicyclic) bond motifs is 1. The highest BCUT2D eigenvalue weighted by atomic mass is 35.5. The quantitative estimate of drug-likeness (QED) is 0.526. The molecule has 1 aliphatic rings. The summed E-state index contributed by atoms with van der Waals surface area (Å²) in [4.78, 5) is 30.8. The lowest BCUT2D eigenvalue weighted by Crippen LogP contribution is -2.48. The predicted molar refractivity (Wildman–Crippen MR) is 111 cm³/mol. The zero-order chi connectivity index (χ0) is 21.1. The first kappa shape index (κ1) is 21.1. The van der Waals surface area contributed by atoms with Gasteiger partial charge < -0.3 is 5.32 Å². The maximum Gasteiger partial charge on any atom is 0.261 e. The Morgan fingerprint density at radius 2 is 1.93 bits per heavy atom. The second-order valence-corrected chi connectivity index (χ2v) is 7.91. The molecule has 2 amide bonds. The lowest BCUT2D eigenvalue weighted by molar-refractivity contribution is 0.0580. The molecule has 3 rings (SSSR count). The number of anilines is 1. The Balaban J connectivity index is 1.90. The van der Waals surface area contributed by atoms with Crippen LogP contribution in [-0.2, 0) is 0 Å². The van der Waals surface area contributed by atoms with E-state index in [1.807, 2.05) is 6.26 Å². The first-order valence-corrected chi connectivity index (χ1v) is 10.6. The maximum absolute atomic E-state index is 14.4. The van der Waals surface area contributed by atoms with Crippen LogP contribution in [0.15, 0.2) is 30.3 Å². The lowest BCUT2D eigenvalue weighted by atomic mass is 10.1. The van der Waals surface area contributed by atoms with Crippen LogP contribution in [-0.4, -0.2) is 45.8 Å². The van der Waals surface area contributed by atoms with E-state index in [0.717, 1.165) is 11.8 Å². The van der Waals surface area contributed by atoms with Gasteiger partial charge in [-0.15, -0.1) is 0 Å². The van der Waals surface area contributed by atoms with Gasteiger partial charge in [-0.1, -0.05) is 23.7 Å². The highest BCUT2D eigenvalue weighted by Gasteiger charge is 2.40. The van der Waals surface area contributed by atoms with Gasteiger partial charge in [-0.05, 0) is 43.6 Å². The average molecular weight is 433 g/mol. The van der Waals surface area contributed by atoms with Crippen LogP contribution in [0.2, 0.25) is 5.15 Å². The standard InChI is InChI=1S/C20H18ClFN4O2S/c1-11(26-19(27)13-5-3-4-6-14(13)20(26)28)16(7-8-29-2)24-18-15(22)9-12(10-23)17(21)25-18/h3-6,9,11,16H,7-8H2,1-2H3,(H,24,25)/t11-,16+/m0/s1. The van der Waals surface area contributed by atoms with Crippen LogP contribution >= 0.6 is 23.4 Å². The van der Waals surface area contributed by atoms with Crippen LogP contribution in [0.5, 0.6) is 0 Å². The first-order chi connectivity index (χ1) is 13.9. The fourth-order valence-electron chi connectivity index (χ4n) is 3.26. The smallest absolute Gasteiger partial charge is 0.261 e. The fourth-order valence-corrected chi connectivity index (χ4v) is 3.93. The molecule has 1 aromatic carbocycles. The number of rotatable bonds is 7. The number of hydrogen-bond acceptors (Lipinski definition) is 6. The number of imide groups is 1. The molecule has 0 aliphatic carbocycles. The number of nitriles is 1. The molecule has 6 nitrogen and oxygen atoms in total. The van der Waals surface area contributed by atoms with Crippen molar-refractivity contribution in [1.82, 2.24) is 9.88 Å². The molecule has 0 unspecified atom stereocenters. The Kier molecular flexibility index (Phi) is 6.40. The van der Waals surface area contributed by atoms with E-state index in [9.17, 15) is 14.0 Å². The summed E-state index contributed by atoms with van der Waals surface area (Å²) >= 11 is 7.53. The molecule has 0 fully saturated rings. The molecule has 2 heterocycles. The van der Waals surface area contributed by atoms with E-state index >= 15 is 0 Å². The van der Waals surface area contributed by atoms with Crippen molar-refractivity contribution in [2.75, 3.05) is 17.3 Å². The van der Waals surface area contributed by atoms with Gasteiger partial charge >= 0.3 is 0 Å². The number of carbonyl (C=O) groups excluding carboxylic acids is 2. The summed E-state index contributed by atoms with van der Waals surface area (Å²) in [6.07, 6.45) is 2.48. The molecule has 29 heavy (non-hydrogen) atoms. The van der Waals surface area contributed by atoms with Crippen LogP contribution in [0.25, 0.3) is 0 Å². The molecule has 0 saturated carbocycles. The van der Waals surface area contributed by atoms with E-state index < -0.39 is 17.9 Å². The van der Waals surface area contributed by atoms with E-state index in [-0.39, 0.29) is 28.3 Å². The minimum atomic E-state index is -0.727. The summed E-state index contributed by atoms with van der Waals surface area (Å²) in [6, 6.07) is 8.41. The molecule has 0 bridgehead atoms. The second-order valence-electron chi connectivity index (χ2n) is 6.57. The Labute approximate surface area is 177 Å². The van der Waals surface area contributed by atoms with Gasteiger partial charge in [0.15, 0.2) is 11.6 Å². The number of carbonyl (C=O) groups is 2. The van der Waals surface area contributed by atoms with Crippen molar-refractivity contribution in [2.45, 2.75) is 25.4 Å². The van der Waals surface area contributed by atoms with E-state index in [4.69, 9.17) is 16.9 Å². The number of halogens is 2. The molecule has 150 valence electrons. The van der Waals surface area contributed by atoms with Gasteiger partial charge in [0.1, 0.15) is 11.2 Å². The molecular formula is C20H18ClFN4O2S. The number of nitrogens with zero attached hydrogens (tertiary/aromatic N) is 3. The third kappa shape index (κ3) is 4.07. The minimum absolute atomic E-state index is 0.0659. The van der Waals surface area contributed by atoms with Crippen LogP contribution in [0.4, 0.5) is 10.2 Å². The van der Waals surface area contributed by atoms with Crippen molar-refractivity contribution < 1.29 is 14.0 Å². The average Bonchev–Trinajstić information content (AvgIpc) is 2.97. The lowest BCUT2D eigenvalue weighted by Gasteiger charge is -2.31. The molecule has 0 spiro atoms. The number of amides is 2. The summed E-state index contributed by atoms with van der Waals surface area (Å²) in [6.45, 7) is 1.74. The zero-order valence-electron chi connectivity index (χ0n) is 15.8. The molecule has 1 aliphatic heterocycles. The molecule has 9 heteroatoms. The highest BCUT2D eigenvalue weighted by Crippen LogP contribution is 2.28. The Hall–Kier alpha value is -2.63. The van der Waals surface area contributed by atoms with Gasteiger partial charge in [0.05, 0.1) is 22.7 Å². The number of pyridine rings is 1.